The highest BCUT2D eigenvalue weighted by molar-refractivity contribution is 5.91. The highest BCUT2D eigenvalue weighted by Crippen LogP contribution is 2.30. The van der Waals surface area contributed by atoms with Gasteiger partial charge in [-0.25, -0.2) is 18.4 Å². The van der Waals surface area contributed by atoms with Crippen molar-refractivity contribution in [2.45, 2.75) is 19.6 Å². The second-order valence-electron chi connectivity index (χ2n) is 10.1. The summed E-state index contributed by atoms with van der Waals surface area (Å²) in [5.74, 6) is -2.62. The predicted molar refractivity (Wildman–Crippen MR) is 149 cm³/mol. The Balaban J connectivity index is 1.18. The van der Waals surface area contributed by atoms with Crippen molar-refractivity contribution in [2.24, 2.45) is 7.05 Å². The minimum Gasteiger partial charge on any atom is -0.479 e. The van der Waals surface area contributed by atoms with Crippen LogP contribution >= 0.6 is 0 Å². The molecule has 6 rings (SSSR count). The van der Waals surface area contributed by atoms with Crippen molar-refractivity contribution in [1.82, 2.24) is 28.6 Å². The molecule has 42 heavy (non-hydrogen) atoms. The summed E-state index contributed by atoms with van der Waals surface area (Å²) >= 11 is 0. The maximum atomic E-state index is 14.7. The minimum absolute atomic E-state index is 0.130. The van der Waals surface area contributed by atoms with Crippen LogP contribution in [0.4, 0.5) is 20.4 Å². The Kier molecular flexibility index (Phi) is 6.80. The molecule has 220 valence electrons. The molecule has 0 spiro atoms. The standard InChI is InChI=1S/C27H28F2N8O5/c1-15(25(38)39)42-22-14-19(16(28)12-17(22)29)35-8-5-34(6-9-35)7-10-36-24-23(33(2)27(36)40)20-13-18(21-4-3-11-41-21)32-37(20)26(30)31-24/h3-4,11-15H,5-10H2,1-2H3,(H2,30,31)(H,38,39)/t15-/m1/s1. The molecular weight excluding hydrogens is 554 g/mol. The number of nitrogen functional groups attached to an aromatic ring is 1. The van der Waals surface area contributed by atoms with Crippen LogP contribution in [0.5, 0.6) is 5.75 Å². The highest BCUT2D eigenvalue weighted by atomic mass is 19.1. The van der Waals surface area contributed by atoms with Crippen molar-refractivity contribution in [3.05, 3.63) is 58.7 Å². The molecule has 5 aromatic rings. The van der Waals surface area contributed by atoms with E-state index in [-0.39, 0.29) is 23.1 Å². The number of halogens is 2. The monoisotopic (exact) mass is 582 g/mol. The van der Waals surface area contributed by atoms with Crippen molar-refractivity contribution in [3.63, 3.8) is 0 Å². The van der Waals surface area contributed by atoms with E-state index in [0.717, 1.165) is 0 Å². The van der Waals surface area contributed by atoms with Crippen molar-refractivity contribution in [2.75, 3.05) is 43.4 Å². The van der Waals surface area contributed by atoms with Crippen LogP contribution in [0, 0.1) is 11.6 Å². The van der Waals surface area contributed by atoms with Gasteiger partial charge in [0.15, 0.2) is 29.1 Å². The van der Waals surface area contributed by atoms with Gasteiger partial charge in [-0.05, 0) is 25.1 Å². The average molecular weight is 583 g/mol. The quantitative estimate of drug-likeness (QED) is 0.279. The Morgan fingerprint density at radius 2 is 1.93 bits per heavy atom. The average Bonchev–Trinajstić information content (AvgIpc) is 3.69. The van der Waals surface area contributed by atoms with Gasteiger partial charge in [-0.3, -0.25) is 14.0 Å². The number of fused-ring (bicyclic) bond motifs is 3. The van der Waals surface area contributed by atoms with Crippen LogP contribution in [-0.4, -0.2) is 78.5 Å². The van der Waals surface area contributed by atoms with Crippen LogP contribution in [0.25, 0.3) is 28.1 Å². The molecule has 5 heterocycles. The number of carboxylic acids is 1. The summed E-state index contributed by atoms with van der Waals surface area (Å²) in [6.07, 6.45) is 0.257. The number of imidazole rings is 1. The first-order valence-electron chi connectivity index (χ1n) is 13.3. The summed E-state index contributed by atoms with van der Waals surface area (Å²) in [5.41, 5.74) is 8.32. The maximum Gasteiger partial charge on any atom is 0.344 e. The molecule has 4 aromatic heterocycles. The van der Waals surface area contributed by atoms with Gasteiger partial charge in [0.1, 0.15) is 17.0 Å². The summed E-state index contributed by atoms with van der Waals surface area (Å²) in [5, 5.41) is 13.6. The number of aliphatic carboxylic acids is 1. The fourth-order valence-electron chi connectivity index (χ4n) is 5.22. The van der Waals surface area contributed by atoms with E-state index in [0.29, 0.717) is 73.5 Å². The van der Waals surface area contributed by atoms with Crippen molar-refractivity contribution >= 4 is 34.3 Å². The van der Waals surface area contributed by atoms with E-state index in [1.807, 2.05) is 0 Å². The molecular formula is C27H28F2N8O5. The van der Waals surface area contributed by atoms with Crippen molar-refractivity contribution in [3.8, 4) is 17.2 Å². The normalized spacial score (nSPS) is 15.1. The van der Waals surface area contributed by atoms with E-state index in [9.17, 15) is 18.4 Å². The molecule has 1 fully saturated rings. The van der Waals surface area contributed by atoms with E-state index in [2.05, 4.69) is 15.0 Å². The number of hydrogen-bond acceptors (Lipinski definition) is 9. The zero-order valence-corrected chi connectivity index (χ0v) is 22.8. The number of ether oxygens (including phenoxy) is 1. The Hall–Kier alpha value is -4.92. The van der Waals surface area contributed by atoms with Gasteiger partial charge >= 0.3 is 11.7 Å². The van der Waals surface area contributed by atoms with Crippen LogP contribution in [0.1, 0.15) is 6.92 Å². The molecule has 1 aliphatic rings. The number of nitrogens with two attached hydrogens (primary N) is 1. The molecule has 0 bridgehead atoms. The van der Waals surface area contributed by atoms with Gasteiger partial charge in [0.25, 0.3) is 0 Å². The zero-order chi connectivity index (χ0) is 29.7. The molecule has 3 N–H and O–H groups in total. The molecule has 0 aliphatic carbocycles. The first kappa shape index (κ1) is 27.3. The lowest BCUT2D eigenvalue weighted by molar-refractivity contribution is -0.144. The van der Waals surface area contributed by atoms with E-state index < -0.39 is 23.7 Å². The first-order chi connectivity index (χ1) is 20.1. The molecule has 0 amide bonds. The molecule has 0 saturated carbocycles. The van der Waals surface area contributed by atoms with Crippen molar-refractivity contribution < 1.29 is 27.8 Å². The number of benzene rings is 1. The summed E-state index contributed by atoms with van der Waals surface area (Å²) in [7, 11) is 1.67. The number of piperazine rings is 1. The molecule has 1 saturated heterocycles. The summed E-state index contributed by atoms with van der Waals surface area (Å²) in [6.45, 7) is 4.09. The third-order valence-corrected chi connectivity index (χ3v) is 7.49. The zero-order valence-electron chi connectivity index (χ0n) is 22.8. The number of hydrogen-bond donors (Lipinski definition) is 2. The number of furan rings is 1. The van der Waals surface area contributed by atoms with Gasteiger partial charge in [0, 0.05) is 58.4 Å². The highest BCUT2D eigenvalue weighted by Gasteiger charge is 2.25. The lowest BCUT2D eigenvalue weighted by atomic mass is 10.2. The van der Waals surface area contributed by atoms with Gasteiger partial charge in [-0.15, -0.1) is 0 Å². The van der Waals surface area contributed by atoms with Gasteiger partial charge in [-0.2, -0.15) is 14.6 Å². The number of nitrogens with zero attached hydrogens (tertiary/aromatic N) is 7. The topological polar surface area (TPSA) is 149 Å². The Bertz CT molecular complexity index is 1850. The number of carbonyl (C=O) groups is 1. The molecule has 0 unspecified atom stereocenters. The number of aromatic nitrogens is 5. The third-order valence-electron chi connectivity index (χ3n) is 7.49. The van der Waals surface area contributed by atoms with E-state index in [4.69, 9.17) is 20.0 Å². The van der Waals surface area contributed by atoms with Crippen LogP contribution in [0.15, 0.2) is 45.8 Å². The Labute approximate surface area is 236 Å². The number of aryl methyl sites for hydroxylation is 1. The van der Waals surface area contributed by atoms with E-state index >= 15 is 0 Å². The van der Waals surface area contributed by atoms with Crippen molar-refractivity contribution in [1.29, 1.82) is 0 Å². The van der Waals surface area contributed by atoms with Gasteiger partial charge in [-0.1, -0.05) is 0 Å². The van der Waals surface area contributed by atoms with Crippen LogP contribution in [0.2, 0.25) is 0 Å². The Morgan fingerprint density at radius 3 is 2.62 bits per heavy atom. The molecule has 1 atom stereocenters. The summed E-state index contributed by atoms with van der Waals surface area (Å²) in [6, 6.07) is 7.23. The summed E-state index contributed by atoms with van der Waals surface area (Å²) in [4.78, 5) is 32.7. The third kappa shape index (κ3) is 4.70. The second-order valence-corrected chi connectivity index (χ2v) is 10.1. The van der Waals surface area contributed by atoms with Crippen LogP contribution in [0.3, 0.4) is 0 Å². The van der Waals surface area contributed by atoms with E-state index in [1.54, 1.807) is 41.0 Å². The Morgan fingerprint density at radius 1 is 1.17 bits per heavy atom. The van der Waals surface area contributed by atoms with Gasteiger partial charge < -0.3 is 24.9 Å². The molecule has 0 radical (unpaired) electrons. The number of anilines is 2. The fraction of sp³-hybridized carbons (Fsp3) is 0.333. The van der Waals surface area contributed by atoms with Crippen LogP contribution in [-0.2, 0) is 18.4 Å². The smallest absolute Gasteiger partial charge is 0.344 e. The number of rotatable bonds is 8. The fourth-order valence-corrected chi connectivity index (χ4v) is 5.22. The molecule has 13 nitrogen and oxygen atoms in total. The van der Waals surface area contributed by atoms with Gasteiger partial charge in [0.05, 0.1) is 17.5 Å². The number of carboxylic acid groups (broad SMARTS) is 1. The minimum atomic E-state index is -1.29. The second kappa shape index (κ2) is 10.5. The first-order valence-corrected chi connectivity index (χ1v) is 13.3. The predicted octanol–water partition coefficient (Wildman–Crippen LogP) is 2.18. The molecule has 15 heteroatoms. The SMILES string of the molecule is C[C@@H](Oc1cc(N2CCN(CCn3c(=O)n(C)c4c3nc(N)n3nc(-c5ccco5)cc43)CC2)c(F)cc1F)C(=O)O. The molecule has 1 aromatic carbocycles. The summed E-state index contributed by atoms with van der Waals surface area (Å²) < 4.78 is 44.1. The maximum absolute atomic E-state index is 14.7. The van der Waals surface area contributed by atoms with Gasteiger partial charge in [0.2, 0.25) is 5.95 Å². The molecule has 1 aliphatic heterocycles. The van der Waals surface area contributed by atoms with Crippen LogP contribution < -0.4 is 21.1 Å². The van der Waals surface area contributed by atoms with E-state index in [1.165, 1.54) is 22.1 Å². The lowest BCUT2D eigenvalue weighted by Crippen LogP contribution is -2.47. The largest absolute Gasteiger partial charge is 0.479 e. The lowest BCUT2D eigenvalue weighted by Gasteiger charge is -2.36.